The maximum absolute atomic E-state index is 6.43. The van der Waals surface area contributed by atoms with E-state index in [4.69, 9.17) is 28.8 Å². The SMILES string of the molecule is c1ccc(-c2nc(-c3ccc(-c4cccc5c4oc4ccccc45)cc3)nc(-c3ccc4c(c3)n(-c3ccccc3)c3nc5c6ccccc6oc5n43)n2)cc1. The van der Waals surface area contributed by atoms with Crippen molar-refractivity contribution < 1.29 is 8.83 Å². The summed E-state index contributed by atoms with van der Waals surface area (Å²) in [6.45, 7) is 0. The van der Waals surface area contributed by atoms with Crippen LogP contribution in [0.1, 0.15) is 0 Å². The van der Waals surface area contributed by atoms with E-state index in [1.807, 2.05) is 84.9 Å². The predicted octanol–water partition coefficient (Wildman–Crippen LogP) is 11.9. The lowest BCUT2D eigenvalue weighted by atomic mass is 10.0. The summed E-state index contributed by atoms with van der Waals surface area (Å²) < 4.78 is 17.1. The lowest BCUT2D eigenvalue weighted by Gasteiger charge is -2.10. The van der Waals surface area contributed by atoms with Crippen LogP contribution in [0.5, 0.6) is 0 Å². The minimum Gasteiger partial charge on any atom is -0.455 e. The summed E-state index contributed by atoms with van der Waals surface area (Å²) in [4.78, 5) is 20.4. The molecule has 5 heterocycles. The molecule has 0 spiro atoms. The van der Waals surface area contributed by atoms with Crippen LogP contribution in [0, 0.1) is 0 Å². The summed E-state index contributed by atoms with van der Waals surface area (Å²) in [5.41, 5.74) is 11.7. The second-order valence-corrected chi connectivity index (χ2v) is 13.9. The molecule has 0 radical (unpaired) electrons. The van der Waals surface area contributed by atoms with Crippen LogP contribution in [0.2, 0.25) is 0 Å². The first-order valence-electron chi connectivity index (χ1n) is 18.5. The molecule has 0 saturated carbocycles. The molecule has 5 aromatic heterocycles. The fourth-order valence-corrected chi connectivity index (χ4v) is 7.98. The van der Waals surface area contributed by atoms with Gasteiger partial charge in [0, 0.05) is 44.1 Å². The second-order valence-electron chi connectivity index (χ2n) is 13.9. The van der Waals surface area contributed by atoms with Crippen molar-refractivity contribution in [3.05, 3.63) is 170 Å². The van der Waals surface area contributed by atoms with Crippen molar-refractivity contribution in [3.8, 4) is 51.0 Å². The quantitative estimate of drug-likeness (QED) is 0.176. The number of benzene rings is 7. The summed E-state index contributed by atoms with van der Waals surface area (Å²) in [5, 5.41) is 3.20. The third-order valence-corrected chi connectivity index (χ3v) is 10.6. The van der Waals surface area contributed by atoms with Gasteiger partial charge in [-0.1, -0.05) is 121 Å². The van der Waals surface area contributed by atoms with E-state index >= 15 is 0 Å². The van der Waals surface area contributed by atoms with E-state index in [1.54, 1.807) is 0 Å². The van der Waals surface area contributed by atoms with Gasteiger partial charge in [-0.2, -0.15) is 0 Å². The molecule has 0 aliphatic heterocycles. The molecule has 0 bridgehead atoms. The average molecular weight is 721 g/mol. The van der Waals surface area contributed by atoms with E-state index in [1.165, 1.54) is 0 Å². The van der Waals surface area contributed by atoms with Crippen LogP contribution in [-0.2, 0) is 0 Å². The van der Waals surface area contributed by atoms with Crippen molar-refractivity contribution in [1.82, 2.24) is 28.9 Å². The summed E-state index contributed by atoms with van der Waals surface area (Å²) in [6.07, 6.45) is 0. The zero-order chi connectivity index (χ0) is 36.7. The Morgan fingerprint density at radius 1 is 0.411 bits per heavy atom. The number of fused-ring (bicyclic) bond motifs is 10. The first-order chi connectivity index (χ1) is 27.7. The van der Waals surface area contributed by atoms with Gasteiger partial charge < -0.3 is 8.83 Å². The molecule has 262 valence electrons. The van der Waals surface area contributed by atoms with Crippen LogP contribution in [-0.4, -0.2) is 28.9 Å². The highest BCUT2D eigenvalue weighted by Crippen LogP contribution is 2.38. The Balaban J connectivity index is 1.03. The first kappa shape index (κ1) is 30.6. The summed E-state index contributed by atoms with van der Waals surface area (Å²) >= 11 is 0. The Bertz CT molecular complexity index is 3470. The van der Waals surface area contributed by atoms with Gasteiger partial charge in [-0.3, -0.25) is 4.57 Å². The van der Waals surface area contributed by atoms with E-state index in [2.05, 4.69) is 93.9 Å². The second kappa shape index (κ2) is 11.8. The van der Waals surface area contributed by atoms with Crippen molar-refractivity contribution in [2.24, 2.45) is 0 Å². The Kier molecular flexibility index (Phi) is 6.47. The lowest BCUT2D eigenvalue weighted by molar-refractivity contribution is 0.651. The van der Waals surface area contributed by atoms with Gasteiger partial charge in [0.1, 0.15) is 22.3 Å². The number of hydrogen-bond acceptors (Lipinski definition) is 6. The molecule has 56 heavy (non-hydrogen) atoms. The smallest absolute Gasteiger partial charge is 0.234 e. The molecular formula is C48H28N6O2. The zero-order valence-electron chi connectivity index (χ0n) is 29.7. The number of aromatic nitrogens is 6. The minimum atomic E-state index is 0.569. The molecule has 0 N–H and O–H groups in total. The van der Waals surface area contributed by atoms with Crippen molar-refractivity contribution in [2.45, 2.75) is 0 Å². The Hall–Kier alpha value is -7.84. The van der Waals surface area contributed by atoms with Crippen LogP contribution >= 0.6 is 0 Å². The number of imidazole rings is 2. The average Bonchev–Trinajstić information content (AvgIpc) is 4.01. The van der Waals surface area contributed by atoms with E-state index in [0.717, 1.165) is 88.7 Å². The number of nitrogens with zero attached hydrogens (tertiary/aromatic N) is 6. The number of para-hydroxylation sites is 4. The van der Waals surface area contributed by atoms with E-state index < -0.39 is 0 Å². The monoisotopic (exact) mass is 720 g/mol. The van der Waals surface area contributed by atoms with Crippen LogP contribution in [0.15, 0.2) is 179 Å². The Morgan fingerprint density at radius 3 is 1.77 bits per heavy atom. The first-order valence-corrected chi connectivity index (χ1v) is 18.5. The third kappa shape index (κ3) is 4.59. The number of hydrogen-bond donors (Lipinski definition) is 0. The van der Waals surface area contributed by atoms with Crippen LogP contribution in [0.25, 0.3) is 112 Å². The van der Waals surface area contributed by atoms with Gasteiger partial charge >= 0.3 is 0 Å². The fourth-order valence-electron chi connectivity index (χ4n) is 7.98. The Morgan fingerprint density at radius 2 is 1.00 bits per heavy atom. The molecule has 0 atom stereocenters. The van der Waals surface area contributed by atoms with Gasteiger partial charge in [0.15, 0.2) is 17.5 Å². The molecule has 0 saturated heterocycles. The lowest BCUT2D eigenvalue weighted by Crippen LogP contribution is -2.00. The van der Waals surface area contributed by atoms with Crippen LogP contribution in [0.4, 0.5) is 0 Å². The van der Waals surface area contributed by atoms with Gasteiger partial charge in [0.05, 0.1) is 11.0 Å². The molecule has 0 amide bonds. The molecule has 12 aromatic rings. The molecule has 0 aliphatic rings. The molecule has 0 unspecified atom stereocenters. The number of rotatable bonds is 5. The highest BCUT2D eigenvalue weighted by atomic mass is 16.3. The molecule has 0 aliphatic carbocycles. The van der Waals surface area contributed by atoms with Gasteiger partial charge in [-0.15, -0.1) is 0 Å². The zero-order valence-corrected chi connectivity index (χ0v) is 29.7. The molecule has 7 aromatic carbocycles. The molecule has 8 nitrogen and oxygen atoms in total. The van der Waals surface area contributed by atoms with Crippen LogP contribution in [0.3, 0.4) is 0 Å². The highest BCUT2D eigenvalue weighted by Gasteiger charge is 2.23. The molecule has 12 rings (SSSR count). The van der Waals surface area contributed by atoms with E-state index in [0.29, 0.717) is 23.2 Å². The molecule has 0 fully saturated rings. The van der Waals surface area contributed by atoms with Crippen molar-refractivity contribution >= 4 is 60.9 Å². The van der Waals surface area contributed by atoms with Crippen LogP contribution < -0.4 is 0 Å². The third-order valence-electron chi connectivity index (χ3n) is 10.6. The summed E-state index contributed by atoms with van der Waals surface area (Å²) in [7, 11) is 0. The maximum Gasteiger partial charge on any atom is 0.234 e. The fraction of sp³-hybridized carbons (Fsp3) is 0. The largest absolute Gasteiger partial charge is 0.455 e. The van der Waals surface area contributed by atoms with Crippen molar-refractivity contribution in [2.75, 3.05) is 0 Å². The van der Waals surface area contributed by atoms with Gasteiger partial charge in [-0.05, 0) is 54.1 Å². The van der Waals surface area contributed by atoms with Gasteiger partial charge in [0.2, 0.25) is 11.5 Å². The molecule has 8 heteroatoms. The standard InChI is InChI=1S/C48H28N6O2/c1-3-12-30(13-4-1)44-50-45(31-24-22-29(23-25-31)34-18-11-19-36-35-16-7-9-20-40(35)55-43(34)36)52-46(51-44)32-26-27-38-39(28-32)53(33-14-5-2-6-15-33)48-49-42-37-17-8-10-21-41(37)56-47(42)54(38)48/h1-28H. The maximum atomic E-state index is 6.43. The molecular weight excluding hydrogens is 693 g/mol. The summed E-state index contributed by atoms with van der Waals surface area (Å²) in [6, 6.07) is 57.5. The number of furan rings is 2. The van der Waals surface area contributed by atoms with E-state index in [-0.39, 0.29) is 0 Å². The minimum absolute atomic E-state index is 0.569. The summed E-state index contributed by atoms with van der Waals surface area (Å²) in [5.74, 6) is 2.51. The highest BCUT2D eigenvalue weighted by molar-refractivity contribution is 6.09. The Labute approximate surface area is 318 Å². The predicted molar refractivity (Wildman–Crippen MR) is 222 cm³/mol. The van der Waals surface area contributed by atoms with E-state index in [9.17, 15) is 0 Å². The van der Waals surface area contributed by atoms with Crippen molar-refractivity contribution in [1.29, 1.82) is 0 Å². The van der Waals surface area contributed by atoms with Gasteiger partial charge in [0.25, 0.3) is 0 Å². The normalized spacial score (nSPS) is 11.9. The van der Waals surface area contributed by atoms with Crippen molar-refractivity contribution in [3.63, 3.8) is 0 Å². The topological polar surface area (TPSA) is 87.2 Å². The van der Waals surface area contributed by atoms with Gasteiger partial charge in [-0.25, -0.2) is 24.3 Å².